The zero-order chi connectivity index (χ0) is 20.5. The van der Waals surface area contributed by atoms with Gasteiger partial charge in [-0.15, -0.1) is 0 Å². The number of ketones is 1. The summed E-state index contributed by atoms with van der Waals surface area (Å²) in [6, 6.07) is 13.3. The maximum Gasteiger partial charge on any atom is 0.238 e. The van der Waals surface area contributed by atoms with Crippen LogP contribution in [-0.4, -0.2) is 24.2 Å². The molecule has 1 aliphatic heterocycles. The van der Waals surface area contributed by atoms with Gasteiger partial charge in [0.25, 0.3) is 0 Å². The Bertz CT molecular complexity index is 998. The molecule has 0 saturated carbocycles. The molecular weight excluding hydrogens is 390 g/mol. The Morgan fingerprint density at radius 3 is 2.62 bits per heavy atom. The van der Waals surface area contributed by atoms with Gasteiger partial charge in [-0.3, -0.25) is 14.4 Å². The van der Waals surface area contributed by atoms with Gasteiger partial charge in [-0.1, -0.05) is 36.7 Å². The second kappa shape index (κ2) is 7.84. The summed E-state index contributed by atoms with van der Waals surface area (Å²) >= 11 is 5.84. The minimum Gasteiger partial charge on any atom is -0.485 e. The fraction of sp³-hybridized carbons (Fsp3) is 0.261. The molecule has 0 N–H and O–H groups in total. The van der Waals surface area contributed by atoms with Crippen LogP contribution in [0.5, 0.6) is 5.75 Å². The van der Waals surface area contributed by atoms with E-state index in [2.05, 4.69) is 0 Å². The van der Waals surface area contributed by atoms with Crippen LogP contribution in [0, 0.1) is 17.8 Å². The normalized spacial score (nSPS) is 23.2. The van der Waals surface area contributed by atoms with E-state index in [0.29, 0.717) is 28.4 Å². The van der Waals surface area contributed by atoms with Crippen molar-refractivity contribution in [2.45, 2.75) is 13.3 Å². The highest BCUT2D eigenvalue weighted by Gasteiger charge is 2.50. The van der Waals surface area contributed by atoms with Crippen molar-refractivity contribution < 1.29 is 19.1 Å². The van der Waals surface area contributed by atoms with Gasteiger partial charge in [-0.25, -0.2) is 4.90 Å². The quantitative estimate of drug-likeness (QED) is 0.419. The maximum absolute atomic E-state index is 12.9. The van der Waals surface area contributed by atoms with Crippen LogP contribution in [0.15, 0.2) is 60.7 Å². The predicted octanol–water partition coefficient (Wildman–Crippen LogP) is 4.30. The van der Waals surface area contributed by atoms with Crippen molar-refractivity contribution in [2.24, 2.45) is 17.8 Å². The van der Waals surface area contributed by atoms with Gasteiger partial charge in [0, 0.05) is 16.7 Å². The third-order valence-electron chi connectivity index (χ3n) is 5.48. The van der Waals surface area contributed by atoms with Crippen molar-refractivity contribution in [3.05, 3.63) is 71.3 Å². The number of fused-ring (bicyclic) bond motifs is 1. The summed E-state index contributed by atoms with van der Waals surface area (Å²) in [6.45, 7) is 1.81. The molecule has 6 heteroatoms. The number of benzene rings is 2. The number of carbonyl (C=O) groups excluding carboxylic acids is 3. The van der Waals surface area contributed by atoms with Crippen LogP contribution in [0.1, 0.15) is 23.7 Å². The number of Topliss-reactive ketones (excluding diaryl/α,β-unsaturated/α-hetero) is 1. The fourth-order valence-corrected chi connectivity index (χ4v) is 4.11. The first-order valence-electron chi connectivity index (χ1n) is 9.52. The lowest BCUT2D eigenvalue weighted by molar-refractivity contribution is -0.122. The number of allylic oxidation sites excluding steroid dienone is 2. The van der Waals surface area contributed by atoms with Crippen molar-refractivity contribution >= 4 is 34.9 Å². The van der Waals surface area contributed by atoms with Gasteiger partial charge >= 0.3 is 0 Å². The minimum atomic E-state index is -0.316. The lowest BCUT2D eigenvalue weighted by Crippen LogP contribution is -2.31. The fourth-order valence-electron chi connectivity index (χ4n) is 3.98. The van der Waals surface area contributed by atoms with E-state index in [1.54, 1.807) is 48.5 Å². The number of amides is 2. The molecule has 2 aromatic carbocycles. The number of nitrogens with zero attached hydrogens (tertiary/aromatic N) is 1. The SMILES string of the molecule is C[C@@H]1C=CC[C@H]2C(=O)N(c3cccc(OCC(=O)c4ccc(Cl)cc4)c3)C(=O)[C@H]12. The summed E-state index contributed by atoms with van der Waals surface area (Å²) in [6.07, 6.45) is 4.56. The van der Waals surface area contributed by atoms with Crippen LogP contribution in [0.2, 0.25) is 5.02 Å². The first kappa shape index (κ1) is 19.4. The van der Waals surface area contributed by atoms with Crippen molar-refractivity contribution in [2.75, 3.05) is 11.5 Å². The summed E-state index contributed by atoms with van der Waals surface area (Å²) in [5, 5.41) is 0.556. The third kappa shape index (κ3) is 3.70. The molecule has 0 unspecified atom stereocenters. The molecule has 3 atom stereocenters. The standard InChI is InChI=1S/C23H20ClNO4/c1-14-4-2-7-19-21(14)23(28)25(22(19)27)17-5-3-6-18(12-17)29-13-20(26)15-8-10-16(24)11-9-15/h2-6,8-12,14,19,21H,7,13H2,1H3/t14-,19-,21-/m1/s1. The van der Waals surface area contributed by atoms with Crippen molar-refractivity contribution in [1.82, 2.24) is 0 Å². The first-order chi connectivity index (χ1) is 14.0. The van der Waals surface area contributed by atoms with E-state index in [4.69, 9.17) is 16.3 Å². The zero-order valence-electron chi connectivity index (χ0n) is 15.9. The van der Waals surface area contributed by atoms with Gasteiger partial charge in [-0.2, -0.15) is 0 Å². The second-order valence-electron chi connectivity index (χ2n) is 7.38. The smallest absolute Gasteiger partial charge is 0.238 e. The van der Waals surface area contributed by atoms with Crippen LogP contribution < -0.4 is 9.64 Å². The molecule has 1 fully saturated rings. The minimum absolute atomic E-state index is 0.0339. The average molecular weight is 410 g/mol. The number of anilines is 1. The summed E-state index contributed by atoms with van der Waals surface area (Å²) in [5.41, 5.74) is 0.971. The molecule has 0 spiro atoms. The van der Waals surface area contributed by atoms with Crippen LogP contribution in [0.3, 0.4) is 0 Å². The molecular formula is C23H20ClNO4. The number of imide groups is 1. The molecule has 1 saturated heterocycles. The van der Waals surface area contributed by atoms with Crippen molar-refractivity contribution in [3.63, 3.8) is 0 Å². The molecule has 2 aliphatic rings. The highest BCUT2D eigenvalue weighted by Crippen LogP contribution is 2.40. The molecule has 1 aliphatic carbocycles. The lowest BCUT2D eigenvalue weighted by atomic mass is 9.78. The molecule has 29 heavy (non-hydrogen) atoms. The summed E-state index contributed by atoms with van der Waals surface area (Å²) in [7, 11) is 0. The van der Waals surface area contributed by atoms with Gasteiger partial charge < -0.3 is 4.74 Å². The molecule has 4 rings (SSSR count). The Morgan fingerprint density at radius 2 is 1.90 bits per heavy atom. The van der Waals surface area contributed by atoms with E-state index >= 15 is 0 Å². The van der Waals surface area contributed by atoms with Crippen LogP contribution in [0.25, 0.3) is 0 Å². The number of hydrogen-bond donors (Lipinski definition) is 0. The van der Waals surface area contributed by atoms with E-state index < -0.39 is 0 Å². The Balaban J connectivity index is 1.49. The van der Waals surface area contributed by atoms with Gasteiger partial charge in [0.2, 0.25) is 11.8 Å². The number of rotatable bonds is 5. The predicted molar refractivity (Wildman–Crippen MR) is 110 cm³/mol. The molecule has 0 aromatic heterocycles. The zero-order valence-corrected chi connectivity index (χ0v) is 16.6. The second-order valence-corrected chi connectivity index (χ2v) is 7.82. The monoisotopic (exact) mass is 409 g/mol. The Hall–Kier alpha value is -2.92. The number of halogens is 1. The largest absolute Gasteiger partial charge is 0.485 e. The van der Waals surface area contributed by atoms with Gasteiger partial charge in [-0.05, 0) is 48.7 Å². The van der Waals surface area contributed by atoms with E-state index in [1.165, 1.54) is 4.90 Å². The molecule has 1 heterocycles. The summed E-state index contributed by atoms with van der Waals surface area (Å²) in [4.78, 5) is 39.3. The Labute approximate surface area is 173 Å². The molecule has 148 valence electrons. The first-order valence-corrected chi connectivity index (χ1v) is 9.89. The van der Waals surface area contributed by atoms with Crippen molar-refractivity contribution in [1.29, 1.82) is 0 Å². The highest BCUT2D eigenvalue weighted by atomic mass is 35.5. The van der Waals surface area contributed by atoms with E-state index in [1.807, 2.05) is 19.1 Å². The van der Waals surface area contributed by atoms with Gasteiger partial charge in [0.1, 0.15) is 5.75 Å². The molecule has 0 radical (unpaired) electrons. The van der Waals surface area contributed by atoms with Crippen LogP contribution in [-0.2, 0) is 9.59 Å². The van der Waals surface area contributed by atoms with E-state index in [0.717, 1.165) is 0 Å². The van der Waals surface area contributed by atoms with Crippen LogP contribution in [0.4, 0.5) is 5.69 Å². The molecule has 2 aromatic rings. The van der Waals surface area contributed by atoms with Crippen molar-refractivity contribution in [3.8, 4) is 5.75 Å². The summed E-state index contributed by atoms with van der Waals surface area (Å²) < 4.78 is 5.62. The Kier molecular flexibility index (Phi) is 5.24. The topological polar surface area (TPSA) is 63.7 Å². The highest BCUT2D eigenvalue weighted by molar-refractivity contribution is 6.30. The van der Waals surface area contributed by atoms with E-state index in [-0.39, 0.29) is 42.0 Å². The number of carbonyl (C=O) groups is 3. The number of ether oxygens (including phenoxy) is 1. The number of hydrogen-bond acceptors (Lipinski definition) is 4. The molecule has 2 amide bonds. The average Bonchev–Trinajstić information content (AvgIpc) is 2.98. The summed E-state index contributed by atoms with van der Waals surface area (Å²) in [5.74, 6) is -0.705. The molecule has 0 bridgehead atoms. The van der Waals surface area contributed by atoms with Gasteiger partial charge in [0.05, 0.1) is 17.5 Å². The van der Waals surface area contributed by atoms with Gasteiger partial charge in [0.15, 0.2) is 12.4 Å². The van der Waals surface area contributed by atoms with E-state index in [9.17, 15) is 14.4 Å². The molecule has 5 nitrogen and oxygen atoms in total. The lowest BCUT2D eigenvalue weighted by Gasteiger charge is -2.22. The van der Waals surface area contributed by atoms with Crippen LogP contribution >= 0.6 is 11.6 Å². The third-order valence-corrected chi connectivity index (χ3v) is 5.74. The maximum atomic E-state index is 12.9. The Morgan fingerprint density at radius 1 is 1.14 bits per heavy atom.